The number of likely N-dealkylation sites (tertiary alicyclic amines) is 1. The second-order valence-corrected chi connectivity index (χ2v) is 6.20. The zero-order chi connectivity index (χ0) is 17.0. The van der Waals surface area contributed by atoms with E-state index in [0.29, 0.717) is 11.4 Å². The molecule has 1 unspecified atom stereocenters. The Morgan fingerprint density at radius 3 is 2.48 bits per heavy atom. The molecule has 1 heterocycles. The number of halogens is 4. The van der Waals surface area contributed by atoms with E-state index in [-0.39, 0.29) is 38.3 Å². The van der Waals surface area contributed by atoms with Crippen molar-refractivity contribution in [2.24, 2.45) is 5.92 Å². The number of carbonyl (C=O) groups is 1. The third-order valence-electron chi connectivity index (χ3n) is 4.24. The number of rotatable bonds is 4. The highest BCUT2D eigenvalue weighted by Gasteiger charge is 2.44. The maximum absolute atomic E-state index is 12.5. The van der Waals surface area contributed by atoms with Crippen LogP contribution in [0.15, 0.2) is 24.3 Å². The van der Waals surface area contributed by atoms with Gasteiger partial charge in [-0.1, -0.05) is 29.8 Å². The molecule has 0 bridgehead atoms. The average molecular weight is 350 g/mol. The fourth-order valence-electron chi connectivity index (χ4n) is 2.83. The highest BCUT2D eigenvalue weighted by molar-refractivity contribution is 6.31. The Labute approximate surface area is 138 Å². The Morgan fingerprint density at radius 1 is 1.30 bits per heavy atom. The van der Waals surface area contributed by atoms with Crippen LogP contribution in [0, 0.1) is 5.92 Å². The maximum atomic E-state index is 12.5. The van der Waals surface area contributed by atoms with Crippen LogP contribution >= 0.6 is 11.6 Å². The normalized spacial score (nSPS) is 18.0. The van der Waals surface area contributed by atoms with Crippen molar-refractivity contribution in [2.45, 2.75) is 38.0 Å². The molecule has 3 nitrogen and oxygen atoms in total. The summed E-state index contributed by atoms with van der Waals surface area (Å²) < 4.78 is 37.5. The van der Waals surface area contributed by atoms with Gasteiger partial charge in [-0.2, -0.15) is 13.2 Å². The van der Waals surface area contributed by atoms with E-state index in [1.165, 1.54) is 0 Å². The number of benzene rings is 1. The smallest absolute Gasteiger partial charge is 0.383 e. The van der Waals surface area contributed by atoms with Gasteiger partial charge in [0.2, 0.25) is 5.91 Å². The summed E-state index contributed by atoms with van der Waals surface area (Å²) in [7, 11) is 0. The molecule has 0 saturated carbocycles. The fourth-order valence-corrected chi connectivity index (χ4v) is 3.06. The average Bonchev–Trinajstić information content (AvgIpc) is 2.52. The number of amides is 1. The van der Waals surface area contributed by atoms with Gasteiger partial charge in [0, 0.05) is 24.5 Å². The summed E-state index contributed by atoms with van der Waals surface area (Å²) in [5.74, 6) is -0.924. The van der Waals surface area contributed by atoms with E-state index >= 15 is 0 Å². The summed E-state index contributed by atoms with van der Waals surface area (Å²) in [5.41, 5.74) is 0.880. The van der Waals surface area contributed by atoms with E-state index in [4.69, 9.17) is 11.6 Å². The van der Waals surface area contributed by atoms with Crippen molar-refractivity contribution in [3.05, 3.63) is 34.9 Å². The lowest BCUT2D eigenvalue weighted by molar-refractivity contribution is -0.222. The van der Waals surface area contributed by atoms with Gasteiger partial charge in [0.05, 0.1) is 0 Å². The Bertz CT molecular complexity index is 542. The van der Waals surface area contributed by atoms with Crippen molar-refractivity contribution in [3.63, 3.8) is 0 Å². The molecular weight excluding hydrogens is 331 g/mol. The third-order valence-corrected chi connectivity index (χ3v) is 4.61. The first-order valence-corrected chi connectivity index (χ1v) is 7.93. The monoisotopic (exact) mass is 349 g/mol. The molecule has 0 spiro atoms. The summed E-state index contributed by atoms with van der Waals surface area (Å²) in [6.45, 7) is 0.498. The molecule has 0 radical (unpaired) electrons. The number of carbonyl (C=O) groups excluding carboxylic acids is 1. The molecule has 1 fully saturated rings. The van der Waals surface area contributed by atoms with Crippen molar-refractivity contribution in [3.8, 4) is 0 Å². The van der Waals surface area contributed by atoms with Crippen molar-refractivity contribution < 1.29 is 23.1 Å². The molecule has 1 N–H and O–H groups in total. The number of aryl methyl sites for hydroxylation is 1. The van der Waals surface area contributed by atoms with Crippen LogP contribution in [0.1, 0.15) is 24.8 Å². The third kappa shape index (κ3) is 4.85. The minimum atomic E-state index is -4.60. The van der Waals surface area contributed by atoms with E-state index in [1.54, 1.807) is 11.0 Å². The fraction of sp³-hybridized carbons (Fsp3) is 0.562. The molecule has 1 aliphatic rings. The molecule has 128 valence electrons. The van der Waals surface area contributed by atoms with Crippen LogP contribution in [0.5, 0.6) is 0 Å². The first-order chi connectivity index (χ1) is 10.8. The Kier molecular flexibility index (Phi) is 5.92. The molecule has 1 aliphatic heterocycles. The lowest BCUT2D eigenvalue weighted by atomic mass is 9.90. The summed E-state index contributed by atoms with van der Waals surface area (Å²) in [6, 6.07) is 7.26. The zero-order valence-electron chi connectivity index (χ0n) is 12.5. The predicted octanol–water partition coefficient (Wildman–Crippen LogP) is 3.43. The van der Waals surface area contributed by atoms with Crippen molar-refractivity contribution in [2.75, 3.05) is 13.1 Å². The van der Waals surface area contributed by atoms with Crippen molar-refractivity contribution >= 4 is 17.5 Å². The van der Waals surface area contributed by atoms with E-state index in [9.17, 15) is 23.1 Å². The van der Waals surface area contributed by atoms with E-state index < -0.39 is 18.2 Å². The zero-order valence-corrected chi connectivity index (χ0v) is 13.3. The minimum Gasteiger partial charge on any atom is -0.383 e. The SMILES string of the molecule is O=C(CCc1ccccc1Cl)N1CCC(C(O)C(F)(F)F)CC1. The second-order valence-electron chi connectivity index (χ2n) is 5.80. The lowest BCUT2D eigenvalue weighted by Gasteiger charge is -2.34. The van der Waals surface area contributed by atoms with E-state index in [2.05, 4.69) is 0 Å². The molecule has 0 aromatic heterocycles. The topological polar surface area (TPSA) is 40.5 Å². The van der Waals surface area contributed by atoms with Gasteiger partial charge in [-0.05, 0) is 36.8 Å². The number of hydrogen-bond donors (Lipinski definition) is 1. The summed E-state index contributed by atoms with van der Waals surface area (Å²) in [5, 5.41) is 9.88. The molecule has 1 saturated heterocycles. The molecule has 1 amide bonds. The minimum absolute atomic E-state index is 0.0927. The Morgan fingerprint density at radius 2 is 1.91 bits per heavy atom. The molecule has 2 rings (SSSR count). The lowest BCUT2D eigenvalue weighted by Crippen LogP contribution is -2.45. The van der Waals surface area contributed by atoms with Gasteiger partial charge >= 0.3 is 6.18 Å². The number of aliphatic hydroxyl groups excluding tert-OH is 1. The van der Waals surface area contributed by atoms with Gasteiger partial charge in [0.25, 0.3) is 0 Å². The highest BCUT2D eigenvalue weighted by Crippen LogP contribution is 2.31. The van der Waals surface area contributed by atoms with Crippen LogP contribution in [0.25, 0.3) is 0 Å². The van der Waals surface area contributed by atoms with Gasteiger partial charge < -0.3 is 10.0 Å². The van der Waals surface area contributed by atoms with Crippen LogP contribution in [-0.2, 0) is 11.2 Å². The molecule has 1 aromatic rings. The molecule has 7 heteroatoms. The highest BCUT2D eigenvalue weighted by atomic mass is 35.5. The Hall–Kier alpha value is -1.27. The first kappa shape index (κ1) is 18.1. The number of hydrogen-bond acceptors (Lipinski definition) is 2. The molecule has 23 heavy (non-hydrogen) atoms. The molecule has 0 aliphatic carbocycles. The van der Waals surface area contributed by atoms with E-state index in [1.807, 2.05) is 18.2 Å². The van der Waals surface area contributed by atoms with Gasteiger partial charge in [0.15, 0.2) is 6.10 Å². The van der Waals surface area contributed by atoms with Crippen LogP contribution in [-0.4, -0.2) is 41.3 Å². The number of piperidine rings is 1. The van der Waals surface area contributed by atoms with Gasteiger partial charge in [-0.25, -0.2) is 0 Å². The van der Waals surface area contributed by atoms with Crippen LogP contribution in [0.4, 0.5) is 13.2 Å². The summed E-state index contributed by atoms with van der Waals surface area (Å²) >= 11 is 6.03. The quantitative estimate of drug-likeness (QED) is 0.904. The first-order valence-electron chi connectivity index (χ1n) is 7.55. The van der Waals surface area contributed by atoms with Gasteiger partial charge in [-0.15, -0.1) is 0 Å². The van der Waals surface area contributed by atoms with Gasteiger partial charge in [-0.3, -0.25) is 4.79 Å². The molecule has 1 aromatic carbocycles. The number of nitrogens with zero attached hydrogens (tertiary/aromatic N) is 1. The Balaban J connectivity index is 1.81. The summed E-state index contributed by atoms with van der Waals surface area (Å²) in [4.78, 5) is 13.7. The maximum Gasteiger partial charge on any atom is 0.414 e. The van der Waals surface area contributed by atoms with Crippen LogP contribution in [0.2, 0.25) is 5.02 Å². The van der Waals surface area contributed by atoms with Crippen LogP contribution < -0.4 is 0 Å². The molecular formula is C16H19ClF3NO2. The van der Waals surface area contributed by atoms with Gasteiger partial charge in [0.1, 0.15) is 0 Å². The predicted molar refractivity (Wildman–Crippen MR) is 81.1 cm³/mol. The standard InChI is InChI=1S/C16H19ClF3NO2/c17-13-4-2-1-3-11(13)5-6-14(22)21-9-7-12(8-10-21)15(23)16(18,19)20/h1-4,12,15,23H,5-10H2. The number of aliphatic hydroxyl groups is 1. The second kappa shape index (κ2) is 7.53. The summed E-state index contributed by atoms with van der Waals surface area (Å²) in [6.07, 6.45) is -5.79. The molecule has 1 atom stereocenters. The van der Waals surface area contributed by atoms with E-state index in [0.717, 1.165) is 5.56 Å². The van der Waals surface area contributed by atoms with Crippen molar-refractivity contribution in [1.29, 1.82) is 0 Å². The van der Waals surface area contributed by atoms with Crippen LogP contribution in [0.3, 0.4) is 0 Å². The largest absolute Gasteiger partial charge is 0.414 e. The van der Waals surface area contributed by atoms with Crippen molar-refractivity contribution in [1.82, 2.24) is 4.90 Å². The number of alkyl halides is 3.